The summed E-state index contributed by atoms with van der Waals surface area (Å²) in [4.78, 5) is 51.4. The molecule has 3 rings (SSSR count). The third-order valence-corrected chi connectivity index (χ3v) is 2.96. The van der Waals surface area contributed by atoms with Crippen LogP contribution in [0.25, 0.3) is 0 Å². The largest absolute Gasteiger partial charge is 0.477 e. The van der Waals surface area contributed by atoms with Crippen LogP contribution in [0.15, 0.2) is 67.0 Å². The molecule has 0 bridgehead atoms. The van der Waals surface area contributed by atoms with Crippen molar-refractivity contribution in [2.24, 2.45) is 0 Å². The van der Waals surface area contributed by atoms with Gasteiger partial charge in [-0.2, -0.15) is 0 Å². The van der Waals surface area contributed by atoms with E-state index in [1.807, 2.05) is 0 Å². The van der Waals surface area contributed by atoms with Gasteiger partial charge < -0.3 is 20.4 Å². The Labute approximate surface area is 168 Å². The zero-order valence-corrected chi connectivity index (χ0v) is 15.1. The minimum Gasteiger partial charge on any atom is -0.477 e. The molecule has 3 aromatic rings. The summed E-state index contributed by atoms with van der Waals surface area (Å²) in [7, 11) is 0. The molecule has 0 saturated heterocycles. The van der Waals surface area contributed by atoms with E-state index < -0.39 is 23.9 Å². The van der Waals surface area contributed by atoms with Crippen molar-refractivity contribution in [3.63, 3.8) is 0 Å². The van der Waals surface area contributed by atoms with E-state index in [0.717, 1.165) is 0 Å². The quantitative estimate of drug-likeness (QED) is 0.490. The third kappa shape index (κ3) is 8.35. The molecule has 0 aliphatic heterocycles. The van der Waals surface area contributed by atoms with E-state index in [9.17, 15) is 19.2 Å². The van der Waals surface area contributed by atoms with Crippen molar-refractivity contribution < 1.29 is 39.6 Å². The summed E-state index contributed by atoms with van der Waals surface area (Å²) in [6, 6.07) is 13.3. The molecule has 11 heteroatoms. The monoisotopic (exact) mass is 413 g/mol. The van der Waals surface area contributed by atoms with E-state index in [1.165, 1.54) is 42.7 Å². The third-order valence-electron chi connectivity index (χ3n) is 2.96. The highest BCUT2D eigenvalue weighted by Gasteiger charge is 2.08. The van der Waals surface area contributed by atoms with Gasteiger partial charge in [-0.25, -0.2) is 34.1 Å². The Morgan fingerprint density at radius 2 is 0.833 bits per heavy atom. The molecule has 3 heterocycles. The average molecular weight is 413 g/mol. The number of rotatable bonds is 4. The molecule has 0 spiro atoms. The van der Waals surface area contributed by atoms with Crippen LogP contribution in [0.3, 0.4) is 0 Å². The number of hydrogen-bond acceptors (Lipinski definition) is 7. The van der Waals surface area contributed by atoms with Gasteiger partial charge in [-0.3, -0.25) is 0 Å². The van der Waals surface area contributed by atoms with Gasteiger partial charge in [0.25, 0.3) is 0 Å². The molecule has 30 heavy (non-hydrogen) atoms. The van der Waals surface area contributed by atoms with Crippen molar-refractivity contribution >= 4 is 23.9 Å². The number of nitrogens with zero attached hydrogens (tertiary/aromatic N) is 3. The summed E-state index contributed by atoms with van der Waals surface area (Å²) >= 11 is 0. The second kappa shape index (κ2) is 11.9. The van der Waals surface area contributed by atoms with Crippen molar-refractivity contribution in [1.82, 2.24) is 15.0 Å². The molecule has 0 aromatic carbocycles. The summed E-state index contributed by atoms with van der Waals surface area (Å²) in [5, 5.41) is 33.5. The highest BCUT2D eigenvalue weighted by atomic mass is 16.4. The second-order valence-electron chi connectivity index (χ2n) is 5.06. The maximum atomic E-state index is 10.3. The van der Waals surface area contributed by atoms with Gasteiger partial charge in [0.1, 0.15) is 22.8 Å². The Kier molecular flexibility index (Phi) is 9.29. The molecule has 0 aliphatic rings. The van der Waals surface area contributed by atoms with Crippen LogP contribution in [0.4, 0.5) is 0 Å². The molecular weight excluding hydrogens is 398 g/mol. The van der Waals surface area contributed by atoms with Crippen LogP contribution >= 0.6 is 0 Å². The number of carbonyl (C=O) groups is 4. The first-order chi connectivity index (χ1) is 14.2. The van der Waals surface area contributed by atoms with E-state index in [1.54, 1.807) is 24.3 Å². The first kappa shape index (κ1) is 23.4. The fourth-order valence-electron chi connectivity index (χ4n) is 1.65. The summed E-state index contributed by atoms with van der Waals surface area (Å²) in [6.45, 7) is 0. The lowest BCUT2D eigenvalue weighted by atomic mass is 10.3. The molecule has 11 nitrogen and oxygen atoms in total. The summed E-state index contributed by atoms with van der Waals surface area (Å²) in [5.74, 6) is -4.46. The van der Waals surface area contributed by atoms with Crippen LogP contribution in [0.2, 0.25) is 0 Å². The van der Waals surface area contributed by atoms with E-state index in [4.69, 9.17) is 20.4 Å². The maximum Gasteiger partial charge on any atom is 0.354 e. The van der Waals surface area contributed by atoms with Crippen LogP contribution in [-0.4, -0.2) is 59.3 Å². The number of carboxylic acids is 4. The van der Waals surface area contributed by atoms with E-state index >= 15 is 0 Å². The molecule has 0 atom stereocenters. The SMILES string of the molecule is O=C(O)c1cccc(C(=O)O)n1.O=C(O)c1ccccn1.O=C(O)c1ccccn1. The number of aromatic carboxylic acids is 4. The van der Waals surface area contributed by atoms with Gasteiger partial charge in [0.2, 0.25) is 0 Å². The highest BCUT2D eigenvalue weighted by molar-refractivity contribution is 5.89. The van der Waals surface area contributed by atoms with Gasteiger partial charge >= 0.3 is 23.9 Å². The Balaban J connectivity index is 0.000000229. The number of hydrogen-bond donors (Lipinski definition) is 4. The van der Waals surface area contributed by atoms with Crippen molar-refractivity contribution in [2.45, 2.75) is 0 Å². The van der Waals surface area contributed by atoms with Crippen LogP contribution in [-0.2, 0) is 0 Å². The summed E-state index contributed by atoms with van der Waals surface area (Å²) in [6.07, 6.45) is 2.90. The normalized spacial score (nSPS) is 9.07. The summed E-state index contributed by atoms with van der Waals surface area (Å²) in [5.41, 5.74) is -0.375. The predicted octanol–water partition coefficient (Wildman–Crippen LogP) is 2.04. The number of carboxylic acid groups (broad SMARTS) is 4. The number of aromatic nitrogens is 3. The lowest BCUT2D eigenvalue weighted by Gasteiger charge is -1.94. The molecule has 0 aliphatic carbocycles. The molecule has 154 valence electrons. The molecular formula is C19H15N3O8. The van der Waals surface area contributed by atoms with Crippen molar-refractivity contribution in [1.29, 1.82) is 0 Å². The van der Waals surface area contributed by atoms with Gasteiger partial charge in [0, 0.05) is 12.4 Å². The minimum atomic E-state index is -1.24. The average Bonchev–Trinajstić information content (AvgIpc) is 2.76. The van der Waals surface area contributed by atoms with Crippen molar-refractivity contribution in [2.75, 3.05) is 0 Å². The highest BCUT2D eigenvalue weighted by Crippen LogP contribution is 1.99. The van der Waals surface area contributed by atoms with Gasteiger partial charge in [0.05, 0.1) is 0 Å². The molecule has 0 radical (unpaired) electrons. The van der Waals surface area contributed by atoms with Crippen LogP contribution in [0.5, 0.6) is 0 Å². The topological polar surface area (TPSA) is 188 Å². The Morgan fingerprint density at radius 3 is 1.07 bits per heavy atom. The van der Waals surface area contributed by atoms with Crippen molar-refractivity contribution in [3.8, 4) is 0 Å². The number of pyridine rings is 3. The van der Waals surface area contributed by atoms with Crippen LogP contribution in [0, 0.1) is 0 Å². The van der Waals surface area contributed by atoms with E-state index in [-0.39, 0.29) is 22.8 Å². The van der Waals surface area contributed by atoms with E-state index in [2.05, 4.69) is 15.0 Å². The molecule has 0 amide bonds. The van der Waals surface area contributed by atoms with Gasteiger partial charge in [-0.05, 0) is 36.4 Å². The zero-order chi connectivity index (χ0) is 22.5. The van der Waals surface area contributed by atoms with Gasteiger partial charge in [0.15, 0.2) is 0 Å². The lowest BCUT2D eigenvalue weighted by molar-refractivity contribution is 0.0670. The maximum absolute atomic E-state index is 10.3. The fourth-order valence-corrected chi connectivity index (χ4v) is 1.65. The fraction of sp³-hybridized carbons (Fsp3) is 0. The summed E-state index contributed by atoms with van der Waals surface area (Å²) < 4.78 is 0. The minimum absolute atomic E-state index is 0.0810. The van der Waals surface area contributed by atoms with Crippen LogP contribution in [0.1, 0.15) is 42.0 Å². The molecule has 0 saturated carbocycles. The Bertz CT molecular complexity index is 932. The molecule has 4 N–H and O–H groups in total. The first-order valence-electron chi connectivity index (χ1n) is 7.94. The Morgan fingerprint density at radius 1 is 0.500 bits per heavy atom. The van der Waals surface area contributed by atoms with E-state index in [0.29, 0.717) is 0 Å². The smallest absolute Gasteiger partial charge is 0.354 e. The standard InChI is InChI=1S/C7H5NO4.2C6H5NO2/c9-6(10)4-2-1-3-5(8-4)7(11)12;2*8-6(9)5-3-1-2-4-7-5/h1-3H,(H,9,10)(H,11,12);2*1-4H,(H,8,9). The zero-order valence-electron chi connectivity index (χ0n) is 15.1. The first-order valence-corrected chi connectivity index (χ1v) is 7.94. The Hall–Kier alpha value is -4.67. The molecule has 0 unspecified atom stereocenters. The van der Waals surface area contributed by atoms with Gasteiger partial charge in [-0.15, -0.1) is 0 Å². The lowest BCUT2D eigenvalue weighted by Crippen LogP contribution is -2.06. The van der Waals surface area contributed by atoms with Crippen LogP contribution < -0.4 is 0 Å². The molecule has 3 aromatic heterocycles. The molecule has 0 fully saturated rings. The predicted molar refractivity (Wildman–Crippen MR) is 101 cm³/mol. The second-order valence-corrected chi connectivity index (χ2v) is 5.06. The van der Waals surface area contributed by atoms with Crippen molar-refractivity contribution in [3.05, 3.63) is 89.8 Å². The van der Waals surface area contributed by atoms with Gasteiger partial charge in [-0.1, -0.05) is 18.2 Å².